The van der Waals surface area contributed by atoms with Gasteiger partial charge >= 0.3 is 0 Å². The molecule has 0 bridgehead atoms. The molecule has 0 N–H and O–H groups in total. The summed E-state index contributed by atoms with van der Waals surface area (Å²) >= 11 is 5.45. The average Bonchev–Trinajstić information content (AvgIpc) is 2.13. The third-order valence-corrected chi connectivity index (χ3v) is 2.71. The van der Waals surface area contributed by atoms with Crippen LogP contribution >= 0.6 is 11.6 Å². The van der Waals surface area contributed by atoms with E-state index in [1.54, 1.807) is 0 Å². The van der Waals surface area contributed by atoms with Crippen molar-refractivity contribution in [3.63, 3.8) is 0 Å². The zero-order valence-corrected chi connectivity index (χ0v) is 9.70. The first-order valence-electron chi connectivity index (χ1n) is 3.93. The van der Waals surface area contributed by atoms with Crippen LogP contribution in [0.5, 0.6) is 0 Å². The number of carbonyl (C=O) groups excluding carboxylic acids is 1. The van der Waals surface area contributed by atoms with E-state index in [1.165, 1.54) is 0 Å². The molecule has 0 heterocycles. The summed E-state index contributed by atoms with van der Waals surface area (Å²) in [6, 6.07) is -0.130. The number of alkyl halides is 1. The molecule has 0 saturated carbocycles. The Morgan fingerprint density at radius 1 is 1.60 bits per heavy atom. The van der Waals surface area contributed by atoms with Gasteiger partial charge < -0.3 is 4.90 Å². The van der Waals surface area contributed by atoms with Crippen LogP contribution in [-0.2, 0) is 14.6 Å². The molecule has 7 nitrogen and oxygen atoms in total. The van der Waals surface area contributed by atoms with E-state index in [1.807, 2.05) is 0 Å². The molecule has 86 valence electrons. The highest BCUT2D eigenvalue weighted by Gasteiger charge is 2.13. The predicted octanol–water partition coefficient (Wildman–Crippen LogP) is 0.366. The Hall–Kier alpha value is -0.980. The van der Waals surface area contributed by atoms with Gasteiger partial charge in [-0.25, -0.2) is 8.42 Å². The zero-order chi connectivity index (χ0) is 11.9. The van der Waals surface area contributed by atoms with Gasteiger partial charge in [-0.3, -0.25) is 4.79 Å². The molecule has 0 saturated heterocycles. The van der Waals surface area contributed by atoms with Crippen molar-refractivity contribution in [2.45, 2.75) is 0 Å². The SMILES string of the molecule is CS(=O)(=O)CCN(CCl)C(=O)CN=[N+]=[N-]. The number of sulfone groups is 1. The van der Waals surface area contributed by atoms with E-state index in [9.17, 15) is 13.2 Å². The monoisotopic (exact) mass is 254 g/mol. The summed E-state index contributed by atoms with van der Waals surface area (Å²) in [7, 11) is -3.14. The largest absolute Gasteiger partial charge is 0.328 e. The number of hydrogen-bond acceptors (Lipinski definition) is 4. The normalized spacial score (nSPS) is 10.5. The molecule has 0 spiro atoms. The minimum Gasteiger partial charge on any atom is -0.328 e. The summed E-state index contributed by atoms with van der Waals surface area (Å²) in [5.74, 6) is -0.659. The Balaban J connectivity index is 4.24. The van der Waals surface area contributed by atoms with Crippen molar-refractivity contribution in [1.82, 2.24) is 4.90 Å². The average molecular weight is 255 g/mol. The zero-order valence-electron chi connectivity index (χ0n) is 8.13. The second kappa shape index (κ2) is 6.49. The first-order chi connectivity index (χ1) is 6.90. The van der Waals surface area contributed by atoms with Gasteiger partial charge in [0, 0.05) is 17.7 Å². The molecule has 0 aliphatic rings. The molecule has 0 aromatic heterocycles. The van der Waals surface area contributed by atoms with Crippen LogP contribution in [0, 0.1) is 0 Å². The van der Waals surface area contributed by atoms with Gasteiger partial charge in [-0.1, -0.05) is 5.11 Å². The third kappa shape index (κ3) is 7.01. The van der Waals surface area contributed by atoms with Gasteiger partial charge in [0.15, 0.2) is 0 Å². The van der Waals surface area contributed by atoms with Gasteiger partial charge in [-0.2, -0.15) is 0 Å². The maximum atomic E-state index is 11.2. The number of hydrogen-bond donors (Lipinski definition) is 0. The Morgan fingerprint density at radius 2 is 2.20 bits per heavy atom. The molecule has 9 heteroatoms. The number of azide groups is 1. The predicted molar refractivity (Wildman–Crippen MR) is 56.2 cm³/mol. The number of carbonyl (C=O) groups is 1. The summed E-state index contributed by atoms with van der Waals surface area (Å²) in [6.07, 6.45) is 1.07. The van der Waals surface area contributed by atoms with Crippen molar-refractivity contribution in [3.8, 4) is 0 Å². The van der Waals surface area contributed by atoms with Gasteiger partial charge in [0.25, 0.3) is 0 Å². The topological polar surface area (TPSA) is 103 Å². The molecule has 0 unspecified atom stereocenters. The fraction of sp³-hybridized carbons (Fsp3) is 0.833. The molecule has 0 rings (SSSR count). The molecule has 0 aromatic carbocycles. The summed E-state index contributed by atoms with van der Waals surface area (Å²) in [4.78, 5) is 14.8. The summed E-state index contributed by atoms with van der Waals surface area (Å²) in [5, 5.41) is 3.07. The highest BCUT2D eigenvalue weighted by atomic mass is 35.5. The van der Waals surface area contributed by atoms with E-state index >= 15 is 0 Å². The Bertz CT molecular complexity index is 363. The second-order valence-corrected chi connectivity index (χ2v) is 5.29. The molecule has 0 radical (unpaired) electrons. The number of rotatable bonds is 6. The van der Waals surface area contributed by atoms with Crippen molar-refractivity contribution in [2.75, 3.05) is 31.1 Å². The maximum absolute atomic E-state index is 11.2. The van der Waals surface area contributed by atoms with Gasteiger partial charge in [0.05, 0.1) is 11.8 Å². The fourth-order valence-electron chi connectivity index (χ4n) is 0.719. The van der Waals surface area contributed by atoms with Gasteiger partial charge in [0.2, 0.25) is 5.91 Å². The van der Waals surface area contributed by atoms with Crippen molar-refractivity contribution in [2.24, 2.45) is 5.11 Å². The lowest BCUT2D eigenvalue weighted by Crippen LogP contribution is -2.35. The molecular weight excluding hydrogens is 244 g/mol. The maximum Gasteiger partial charge on any atom is 0.229 e. The van der Waals surface area contributed by atoms with Crippen molar-refractivity contribution < 1.29 is 13.2 Å². The summed E-state index contributed by atoms with van der Waals surface area (Å²) < 4.78 is 21.7. The minimum absolute atomic E-state index is 0.00210. The highest BCUT2D eigenvalue weighted by molar-refractivity contribution is 7.90. The lowest BCUT2D eigenvalue weighted by molar-refractivity contribution is -0.128. The molecule has 0 aliphatic heterocycles. The van der Waals surface area contributed by atoms with Crippen LogP contribution in [0.25, 0.3) is 10.4 Å². The third-order valence-electron chi connectivity index (χ3n) is 1.50. The molecule has 0 atom stereocenters. The number of halogens is 1. The van der Waals surface area contributed by atoms with Gasteiger partial charge in [-0.05, 0) is 5.53 Å². The number of nitrogens with zero attached hydrogens (tertiary/aromatic N) is 4. The first kappa shape index (κ1) is 14.0. The molecule has 0 aliphatic carbocycles. The quantitative estimate of drug-likeness (QED) is 0.225. The standard InChI is InChI=1S/C6H11ClN4O3S/c1-15(13,14)3-2-11(5-7)6(12)4-9-10-8/h2-5H2,1H3. The van der Waals surface area contributed by atoms with E-state index in [-0.39, 0.29) is 24.8 Å². The Labute approximate surface area is 92.5 Å². The molecule has 0 aromatic rings. The van der Waals surface area contributed by atoms with Crippen molar-refractivity contribution >= 4 is 27.3 Å². The van der Waals surface area contributed by atoms with E-state index in [4.69, 9.17) is 17.1 Å². The van der Waals surface area contributed by atoms with Crippen LogP contribution in [0.4, 0.5) is 0 Å². The van der Waals surface area contributed by atoms with Crippen LogP contribution in [0.15, 0.2) is 5.11 Å². The fourth-order valence-corrected chi connectivity index (χ4v) is 1.52. The summed E-state index contributed by atoms with van der Waals surface area (Å²) in [6.45, 7) is -0.352. The molecular formula is C6H11ClN4O3S. The van der Waals surface area contributed by atoms with Crippen molar-refractivity contribution in [1.29, 1.82) is 0 Å². The van der Waals surface area contributed by atoms with Gasteiger partial charge in [-0.15, -0.1) is 11.6 Å². The second-order valence-electron chi connectivity index (χ2n) is 2.80. The number of amides is 1. The van der Waals surface area contributed by atoms with Crippen LogP contribution in [0.2, 0.25) is 0 Å². The summed E-state index contributed by atoms with van der Waals surface area (Å²) in [5.41, 5.74) is 7.99. The smallest absolute Gasteiger partial charge is 0.229 e. The lowest BCUT2D eigenvalue weighted by Gasteiger charge is -2.17. The molecule has 0 fully saturated rings. The Kier molecular flexibility index (Phi) is 6.07. The van der Waals surface area contributed by atoms with Crippen LogP contribution in [-0.4, -0.2) is 50.3 Å². The van der Waals surface area contributed by atoms with Crippen LogP contribution in [0.3, 0.4) is 0 Å². The molecule has 1 amide bonds. The van der Waals surface area contributed by atoms with E-state index in [2.05, 4.69) is 10.0 Å². The van der Waals surface area contributed by atoms with E-state index < -0.39 is 15.7 Å². The highest BCUT2D eigenvalue weighted by Crippen LogP contribution is 1.96. The van der Waals surface area contributed by atoms with Crippen LogP contribution in [0.1, 0.15) is 0 Å². The minimum atomic E-state index is -3.14. The van der Waals surface area contributed by atoms with Crippen molar-refractivity contribution in [3.05, 3.63) is 10.4 Å². The van der Waals surface area contributed by atoms with E-state index in [0.29, 0.717) is 0 Å². The lowest BCUT2D eigenvalue weighted by atomic mass is 10.5. The molecule has 15 heavy (non-hydrogen) atoms. The van der Waals surface area contributed by atoms with Gasteiger partial charge in [0.1, 0.15) is 16.4 Å². The first-order valence-corrected chi connectivity index (χ1v) is 6.52. The van der Waals surface area contributed by atoms with Crippen LogP contribution < -0.4 is 0 Å². The van der Waals surface area contributed by atoms with E-state index in [0.717, 1.165) is 11.2 Å². The Morgan fingerprint density at radius 3 is 2.60 bits per heavy atom.